The highest BCUT2D eigenvalue weighted by molar-refractivity contribution is 7.99. The molecule has 0 fully saturated rings. The number of methoxy groups -OCH3 is 1. The molecular weight excluding hydrogens is 343 g/mol. The number of thioether (sulfide) groups is 1. The molecule has 0 aliphatic rings. The minimum atomic E-state index is -4.35. The third kappa shape index (κ3) is 4.64. The Morgan fingerprint density at radius 2 is 2.00 bits per heavy atom. The Hall–Kier alpha value is -1.74. The van der Waals surface area contributed by atoms with Crippen LogP contribution in [-0.4, -0.2) is 28.5 Å². The van der Waals surface area contributed by atoms with E-state index >= 15 is 0 Å². The lowest BCUT2D eigenvalue weighted by atomic mass is 10.1. The lowest BCUT2D eigenvalue weighted by Gasteiger charge is -2.13. The van der Waals surface area contributed by atoms with Gasteiger partial charge in [-0.3, -0.25) is 4.57 Å². The summed E-state index contributed by atoms with van der Waals surface area (Å²) >= 11 is 1.31. The van der Waals surface area contributed by atoms with Gasteiger partial charge in [-0.2, -0.15) is 13.2 Å². The molecule has 0 saturated heterocycles. The van der Waals surface area contributed by atoms with Crippen LogP contribution in [0.15, 0.2) is 34.2 Å². The molecule has 0 bridgehead atoms. The van der Waals surface area contributed by atoms with Crippen LogP contribution in [0.5, 0.6) is 0 Å². The van der Waals surface area contributed by atoms with E-state index in [1.54, 1.807) is 7.11 Å². The summed E-state index contributed by atoms with van der Waals surface area (Å²) in [6, 6.07) is 5.01. The van der Waals surface area contributed by atoms with Crippen LogP contribution < -0.4 is 5.69 Å². The summed E-state index contributed by atoms with van der Waals surface area (Å²) in [4.78, 5) is 11.8. The first kappa shape index (κ1) is 18.6. The largest absolute Gasteiger partial charge is 0.416 e. The summed E-state index contributed by atoms with van der Waals surface area (Å²) in [6.45, 7) is 2.84. The van der Waals surface area contributed by atoms with Crippen molar-refractivity contribution < 1.29 is 17.9 Å². The minimum absolute atomic E-state index is 0.149. The van der Waals surface area contributed by atoms with Gasteiger partial charge >= 0.3 is 11.9 Å². The van der Waals surface area contributed by atoms with Crippen molar-refractivity contribution in [3.05, 3.63) is 45.9 Å². The summed E-state index contributed by atoms with van der Waals surface area (Å²) in [5.74, 6) is 0. The van der Waals surface area contributed by atoms with E-state index in [0.29, 0.717) is 24.7 Å². The van der Waals surface area contributed by atoms with E-state index in [-0.39, 0.29) is 10.9 Å². The van der Waals surface area contributed by atoms with Crippen molar-refractivity contribution in [2.75, 3.05) is 13.7 Å². The molecule has 1 N–H and O–H groups in total. The van der Waals surface area contributed by atoms with Crippen LogP contribution in [0.3, 0.4) is 0 Å². The van der Waals surface area contributed by atoms with E-state index in [1.165, 1.54) is 28.5 Å². The van der Waals surface area contributed by atoms with Crippen LogP contribution >= 0.6 is 11.8 Å². The van der Waals surface area contributed by atoms with Crippen molar-refractivity contribution in [3.8, 4) is 0 Å². The van der Waals surface area contributed by atoms with Crippen molar-refractivity contribution in [1.82, 2.24) is 14.8 Å². The van der Waals surface area contributed by atoms with Crippen molar-refractivity contribution >= 4 is 11.8 Å². The number of alkyl halides is 3. The molecule has 0 spiro atoms. The first-order chi connectivity index (χ1) is 11.3. The third-order valence-electron chi connectivity index (χ3n) is 3.44. The standard InChI is InChI=1S/C15H18F3N3O2S/c1-10(11-4-6-12(7-5-11)15(16,17)18)24-14-20-19-13(22)21(14)8-3-9-23-2/h4-7,10H,3,8-9H2,1-2H3,(H,19,22). The van der Waals surface area contributed by atoms with Gasteiger partial charge < -0.3 is 4.74 Å². The molecule has 0 aliphatic carbocycles. The van der Waals surface area contributed by atoms with Crippen LogP contribution in [0.2, 0.25) is 0 Å². The van der Waals surface area contributed by atoms with Gasteiger partial charge in [0, 0.05) is 25.5 Å². The number of halogens is 3. The predicted octanol–water partition coefficient (Wildman–Crippen LogP) is 3.48. The molecule has 0 aliphatic heterocycles. The zero-order chi connectivity index (χ0) is 17.7. The maximum absolute atomic E-state index is 12.6. The number of benzene rings is 1. The van der Waals surface area contributed by atoms with Gasteiger partial charge in [0.15, 0.2) is 5.16 Å². The molecule has 1 atom stereocenters. The Balaban J connectivity index is 2.09. The van der Waals surface area contributed by atoms with E-state index < -0.39 is 11.7 Å². The van der Waals surface area contributed by atoms with E-state index in [1.807, 2.05) is 6.92 Å². The Kier molecular flexibility index (Phi) is 6.11. The first-order valence-electron chi connectivity index (χ1n) is 7.31. The first-order valence-corrected chi connectivity index (χ1v) is 8.19. The van der Waals surface area contributed by atoms with E-state index in [9.17, 15) is 18.0 Å². The van der Waals surface area contributed by atoms with Gasteiger partial charge in [-0.25, -0.2) is 9.89 Å². The molecule has 1 aromatic carbocycles. The Bertz CT molecular complexity index is 710. The van der Waals surface area contributed by atoms with E-state index in [0.717, 1.165) is 17.7 Å². The monoisotopic (exact) mass is 361 g/mol. The molecule has 132 valence electrons. The van der Waals surface area contributed by atoms with Gasteiger partial charge in [0.1, 0.15) is 0 Å². The maximum Gasteiger partial charge on any atom is 0.416 e. The van der Waals surface area contributed by atoms with Crippen molar-refractivity contribution in [2.45, 2.75) is 36.5 Å². The predicted molar refractivity (Wildman–Crippen MR) is 85.1 cm³/mol. The number of nitrogens with zero attached hydrogens (tertiary/aromatic N) is 2. The fourth-order valence-electron chi connectivity index (χ4n) is 2.13. The number of H-pyrrole nitrogens is 1. The normalized spacial score (nSPS) is 13.2. The number of ether oxygens (including phenoxy) is 1. The molecular formula is C15H18F3N3O2S. The van der Waals surface area contributed by atoms with Crippen LogP contribution in [0.1, 0.15) is 29.7 Å². The zero-order valence-corrected chi connectivity index (χ0v) is 14.1. The van der Waals surface area contributed by atoms with E-state index in [4.69, 9.17) is 4.74 Å². The zero-order valence-electron chi connectivity index (χ0n) is 13.3. The van der Waals surface area contributed by atoms with Crippen LogP contribution in [-0.2, 0) is 17.5 Å². The Morgan fingerprint density at radius 1 is 1.33 bits per heavy atom. The van der Waals surface area contributed by atoms with Gasteiger partial charge in [0.05, 0.1) is 5.56 Å². The van der Waals surface area contributed by atoms with Crippen molar-refractivity contribution in [2.24, 2.45) is 0 Å². The summed E-state index contributed by atoms with van der Waals surface area (Å²) in [5.41, 5.74) is -0.264. The van der Waals surface area contributed by atoms with Gasteiger partial charge in [-0.1, -0.05) is 23.9 Å². The van der Waals surface area contributed by atoms with Crippen LogP contribution in [0, 0.1) is 0 Å². The molecule has 2 aromatic rings. The topological polar surface area (TPSA) is 59.9 Å². The number of hydrogen-bond acceptors (Lipinski definition) is 4. The molecule has 0 radical (unpaired) electrons. The lowest BCUT2D eigenvalue weighted by Crippen LogP contribution is -2.18. The smallest absolute Gasteiger partial charge is 0.385 e. The Morgan fingerprint density at radius 3 is 2.58 bits per heavy atom. The molecule has 1 unspecified atom stereocenters. The third-order valence-corrected chi connectivity index (χ3v) is 4.59. The molecule has 5 nitrogen and oxygen atoms in total. The molecule has 0 saturated carbocycles. The van der Waals surface area contributed by atoms with Crippen molar-refractivity contribution in [1.29, 1.82) is 0 Å². The van der Waals surface area contributed by atoms with Crippen LogP contribution in [0.4, 0.5) is 13.2 Å². The highest BCUT2D eigenvalue weighted by Crippen LogP contribution is 2.35. The van der Waals surface area contributed by atoms with Gasteiger partial charge in [0.2, 0.25) is 0 Å². The molecule has 24 heavy (non-hydrogen) atoms. The number of nitrogens with one attached hydrogen (secondary N) is 1. The maximum atomic E-state index is 12.6. The highest BCUT2D eigenvalue weighted by Gasteiger charge is 2.30. The highest BCUT2D eigenvalue weighted by atomic mass is 32.2. The summed E-state index contributed by atoms with van der Waals surface area (Å²) in [5, 5.41) is 6.74. The quantitative estimate of drug-likeness (QED) is 0.606. The number of rotatable bonds is 7. The second-order valence-electron chi connectivity index (χ2n) is 5.19. The lowest BCUT2D eigenvalue weighted by molar-refractivity contribution is -0.137. The van der Waals surface area contributed by atoms with E-state index in [2.05, 4.69) is 10.2 Å². The summed E-state index contributed by atoms with van der Waals surface area (Å²) in [6.07, 6.45) is -3.68. The molecule has 2 rings (SSSR count). The SMILES string of the molecule is COCCCn1c(SC(C)c2ccc(C(F)(F)F)cc2)n[nH]c1=O. The van der Waals surface area contributed by atoms with Gasteiger partial charge in [-0.15, -0.1) is 5.10 Å². The molecule has 1 heterocycles. The summed E-state index contributed by atoms with van der Waals surface area (Å²) in [7, 11) is 1.58. The van der Waals surface area contributed by atoms with Crippen LogP contribution in [0.25, 0.3) is 0 Å². The molecule has 0 amide bonds. The fourth-order valence-corrected chi connectivity index (χ4v) is 3.14. The second-order valence-corrected chi connectivity index (χ2v) is 6.50. The fraction of sp³-hybridized carbons (Fsp3) is 0.467. The molecule has 1 aromatic heterocycles. The molecule has 9 heteroatoms. The Labute approximate surface area is 141 Å². The second kappa shape index (κ2) is 7.89. The average molecular weight is 361 g/mol. The average Bonchev–Trinajstić information content (AvgIpc) is 2.87. The number of aromatic amines is 1. The minimum Gasteiger partial charge on any atom is -0.385 e. The van der Waals surface area contributed by atoms with Gasteiger partial charge in [0.25, 0.3) is 0 Å². The van der Waals surface area contributed by atoms with Crippen molar-refractivity contribution in [3.63, 3.8) is 0 Å². The summed E-state index contributed by atoms with van der Waals surface area (Å²) < 4.78 is 44.3. The number of hydrogen-bond donors (Lipinski definition) is 1. The van der Waals surface area contributed by atoms with Gasteiger partial charge in [-0.05, 0) is 31.0 Å². The number of aromatic nitrogens is 3.